The Balaban J connectivity index is 1.23. The summed E-state index contributed by atoms with van der Waals surface area (Å²) in [5, 5.41) is 5.27. The van der Waals surface area contributed by atoms with Gasteiger partial charge in [0.2, 0.25) is 0 Å². The number of hydrogen-bond donors (Lipinski definition) is 0. The third-order valence-electron chi connectivity index (χ3n) is 8.90. The summed E-state index contributed by atoms with van der Waals surface area (Å²) in [7, 11) is 2.09. The van der Waals surface area contributed by atoms with Gasteiger partial charge in [-0.3, -0.25) is 23.6 Å². The van der Waals surface area contributed by atoms with Crippen LogP contribution in [-0.2, 0) is 22.7 Å². The highest BCUT2D eigenvalue weighted by Crippen LogP contribution is 2.40. The third kappa shape index (κ3) is 3.27. The number of urea groups is 1. The lowest BCUT2D eigenvalue weighted by molar-refractivity contribution is -0.119. The smallest absolute Gasteiger partial charge is 0.319 e. The van der Waals surface area contributed by atoms with Crippen molar-refractivity contribution in [2.24, 2.45) is 0 Å². The van der Waals surface area contributed by atoms with E-state index >= 15 is 4.39 Å². The number of nitrogens with zero attached hydrogens (tertiary/aromatic N) is 7. The van der Waals surface area contributed by atoms with Gasteiger partial charge in [0.1, 0.15) is 17.2 Å². The van der Waals surface area contributed by atoms with E-state index in [2.05, 4.69) is 16.9 Å². The lowest BCUT2D eigenvalue weighted by atomic mass is 10.00. The maximum atomic E-state index is 15.1. The lowest BCUT2D eigenvalue weighted by Gasteiger charge is -2.35. The zero-order chi connectivity index (χ0) is 27.3. The molecule has 1 aliphatic carbocycles. The Hall–Kier alpha value is -4.38. The number of allylic oxidation sites excluding steroid dienone is 2. The number of fused-ring (bicyclic) bond motifs is 3. The van der Waals surface area contributed by atoms with E-state index in [1.165, 1.54) is 12.1 Å². The molecule has 2 amide bonds. The molecule has 11 heteroatoms. The van der Waals surface area contributed by atoms with E-state index < -0.39 is 5.82 Å². The first kappa shape index (κ1) is 23.5. The summed E-state index contributed by atoms with van der Waals surface area (Å²) in [5.74, 6) is -1.13. The van der Waals surface area contributed by atoms with Crippen LogP contribution in [0.1, 0.15) is 29.8 Å². The van der Waals surface area contributed by atoms with Crippen LogP contribution in [0, 0.1) is 5.82 Å². The van der Waals surface area contributed by atoms with Crippen LogP contribution in [0.3, 0.4) is 0 Å². The first-order chi connectivity index (χ1) is 19.4. The van der Waals surface area contributed by atoms with Crippen molar-refractivity contribution in [1.29, 1.82) is 0 Å². The van der Waals surface area contributed by atoms with Crippen LogP contribution >= 0.6 is 0 Å². The minimum atomic E-state index is -0.479. The largest absolute Gasteiger partial charge is 0.320 e. The quantitative estimate of drug-likeness (QED) is 0.364. The second-order valence-corrected chi connectivity index (χ2v) is 11.2. The van der Waals surface area contributed by atoms with Crippen LogP contribution in [0.4, 0.5) is 9.18 Å². The number of carbonyl (C=O) groups excluding carboxylic acids is 3. The number of piperazine rings is 1. The second kappa shape index (κ2) is 8.31. The standard InChI is InChI=1S/C29H26FN7O3/c1-33-14-19-10-18(33)15-36(19)29(40)34-6-7-37-28-16(13-34)8-17(30)9-20(28)27(32-37)26-23(39)11-22(38)25(26)21-12-31-24-4-2-3-5-35(21)24/h2-5,8-9,12,18-19H,6-7,10-11,13-15H2,1H3. The number of pyridine rings is 1. The zero-order valence-electron chi connectivity index (χ0n) is 21.9. The fraction of sp³-hybridized carbons (Fsp3) is 0.345. The Morgan fingerprint density at radius 2 is 1.90 bits per heavy atom. The van der Waals surface area contributed by atoms with Crippen molar-refractivity contribution in [3.63, 3.8) is 0 Å². The number of amides is 2. The molecule has 6 heterocycles. The maximum Gasteiger partial charge on any atom is 0.320 e. The van der Waals surface area contributed by atoms with Crippen LogP contribution in [-0.4, -0.2) is 90.2 Å². The van der Waals surface area contributed by atoms with Gasteiger partial charge in [-0.2, -0.15) is 5.10 Å². The highest BCUT2D eigenvalue weighted by atomic mass is 19.1. The number of benzene rings is 1. The molecule has 0 N–H and O–H groups in total. The third-order valence-corrected chi connectivity index (χ3v) is 8.90. The van der Waals surface area contributed by atoms with Gasteiger partial charge in [0.05, 0.1) is 41.5 Å². The monoisotopic (exact) mass is 539 g/mol. The van der Waals surface area contributed by atoms with Gasteiger partial charge in [0, 0.05) is 55.4 Å². The molecule has 2 unspecified atom stereocenters. The number of rotatable bonds is 2. The second-order valence-electron chi connectivity index (χ2n) is 11.2. The number of halogens is 1. The average Bonchev–Trinajstić information content (AvgIpc) is 3.72. The highest BCUT2D eigenvalue weighted by molar-refractivity contribution is 6.51. The lowest BCUT2D eigenvalue weighted by Crippen LogP contribution is -2.52. The summed E-state index contributed by atoms with van der Waals surface area (Å²) in [6.07, 6.45) is 4.10. The van der Waals surface area contributed by atoms with Crippen LogP contribution in [0.15, 0.2) is 42.7 Å². The Kier molecular flexibility index (Phi) is 4.88. The summed E-state index contributed by atoms with van der Waals surface area (Å²) in [4.78, 5) is 50.4. The van der Waals surface area contributed by atoms with Crippen molar-refractivity contribution in [2.75, 3.05) is 26.7 Å². The molecule has 2 atom stereocenters. The maximum absolute atomic E-state index is 15.1. The molecule has 3 aliphatic heterocycles. The summed E-state index contributed by atoms with van der Waals surface area (Å²) < 4.78 is 18.7. The van der Waals surface area contributed by atoms with E-state index in [4.69, 9.17) is 5.10 Å². The normalized spacial score (nSPS) is 22.9. The Morgan fingerprint density at radius 3 is 2.70 bits per heavy atom. The molecule has 10 nitrogen and oxygen atoms in total. The molecule has 8 rings (SSSR count). The summed E-state index contributed by atoms with van der Waals surface area (Å²) in [6.45, 7) is 2.62. The summed E-state index contributed by atoms with van der Waals surface area (Å²) >= 11 is 0. The van der Waals surface area contributed by atoms with Gasteiger partial charge in [-0.05, 0) is 37.7 Å². The molecule has 2 fully saturated rings. The van der Waals surface area contributed by atoms with Gasteiger partial charge < -0.3 is 9.80 Å². The zero-order valence-corrected chi connectivity index (χ0v) is 21.9. The molecular weight excluding hydrogens is 513 g/mol. The minimum Gasteiger partial charge on any atom is -0.319 e. The van der Waals surface area contributed by atoms with Crippen molar-refractivity contribution in [2.45, 2.75) is 38.0 Å². The van der Waals surface area contributed by atoms with Crippen molar-refractivity contribution in [1.82, 2.24) is 33.9 Å². The van der Waals surface area contributed by atoms with E-state index in [0.717, 1.165) is 13.0 Å². The number of Topliss-reactive ketones (excluding diaryl/α,β-unsaturated/α-hetero) is 2. The van der Waals surface area contributed by atoms with E-state index in [0.29, 0.717) is 59.2 Å². The van der Waals surface area contributed by atoms with Gasteiger partial charge in [-0.15, -0.1) is 0 Å². The van der Waals surface area contributed by atoms with Crippen LogP contribution in [0.2, 0.25) is 0 Å². The Labute approximate surface area is 228 Å². The number of ketones is 2. The number of likely N-dealkylation sites (tertiary alicyclic amines) is 2. The molecule has 0 radical (unpaired) electrons. The van der Waals surface area contributed by atoms with Gasteiger partial charge in [-0.25, -0.2) is 14.2 Å². The molecule has 2 bridgehead atoms. The first-order valence-corrected chi connectivity index (χ1v) is 13.6. The Morgan fingerprint density at radius 1 is 1.05 bits per heavy atom. The molecule has 202 valence electrons. The number of carbonyl (C=O) groups is 3. The SMILES string of the molecule is CN1CC2CC1CN2C(=O)N1CCn2nc(C3=C(c4cnc5ccccn45)C(=O)CC3=O)c3cc(F)cc(c32)C1. The van der Waals surface area contributed by atoms with E-state index in [1.54, 1.807) is 26.4 Å². The highest BCUT2D eigenvalue weighted by Gasteiger charge is 2.45. The fourth-order valence-electron chi connectivity index (χ4n) is 7.02. The van der Waals surface area contributed by atoms with E-state index in [9.17, 15) is 14.4 Å². The number of hydrogen-bond acceptors (Lipinski definition) is 6. The Bertz CT molecular complexity index is 1820. The van der Waals surface area contributed by atoms with Gasteiger partial charge in [-0.1, -0.05) is 6.07 Å². The predicted molar refractivity (Wildman–Crippen MR) is 144 cm³/mol. The molecule has 3 aromatic heterocycles. The topological polar surface area (TPSA) is 96.0 Å². The molecule has 4 aliphatic rings. The van der Waals surface area contributed by atoms with Gasteiger partial charge in [0.15, 0.2) is 11.6 Å². The van der Waals surface area contributed by atoms with Crippen molar-refractivity contribution in [3.05, 3.63) is 65.5 Å². The molecule has 1 aromatic carbocycles. The van der Waals surface area contributed by atoms with Crippen LogP contribution in [0.25, 0.3) is 27.7 Å². The minimum absolute atomic E-state index is 0.0295. The van der Waals surface area contributed by atoms with Gasteiger partial charge >= 0.3 is 6.03 Å². The van der Waals surface area contributed by atoms with Crippen molar-refractivity contribution >= 4 is 45.3 Å². The predicted octanol–water partition coefficient (Wildman–Crippen LogP) is 2.60. The molecule has 40 heavy (non-hydrogen) atoms. The molecule has 4 aromatic rings. The van der Waals surface area contributed by atoms with Gasteiger partial charge in [0.25, 0.3) is 0 Å². The van der Waals surface area contributed by atoms with Crippen LogP contribution < -0.4 is 0 Å². The van der Waals surface area contributed by atoms with Crippen LogP contribution in [0.5, 0.6) is 0 Å². The fourth-order valence-corrected chi connectivity index (χ4v) is 7.02. The molecule has 0 saturated carbocycles. The van der Waals surface area contributed by atoms with E-state index in [-0.39, 0.29) is 47.8 Å². The number of aromatic nitrogens is 4. The van der Waals surface area contributed by atoms with E-state index in [1.807, 2.05) is 23.1 Å². The first-order valence-electron chi connectivity index (χ1n) is 13.6. The number of likely N-dealkylation sites (N-methyl/N-ethyl adjacent to an activating group) is 1. The van der Waals surface area contributed by atoms with Crippen molar-refractivity contribution in [3.8, 4) is 0 Å². The average molecular weight is 540 g/mol. The number of imidazole rings is 1. The molecule has 2 saturated heterocycles. The summed E-state index contributed by atoms with van der Waals surface area (Å²) in [5.41, 5.74) is 3.23. The molecular formula is C29H26FN7O3. The molecule has 0 spiro atoms. The summed E-state index contributed by atoms with van der Waals surface area (Å²) in [6, 6.07) is 8.89. The van der Waals surface area contributed by atoms with Crippen molar-refractivity contribution < 1.29 is 18.8 Å².